The Morgan fingerprint density at radius 3 is 2.45 bits per heavy atom. The number of hydrogen-bond acceptors (Lipinski definition) is 5. The third kappa shape index (κ3) is 3.50. The lowest BCUT2D eigenvalue weighted by atomic mass is 10.1. The smallest absolute Gasteiger partial charge is 0.311 e. The van der Waals surface area contributed by atoms with Crippen LogP contribution >= 0.6 is 11.8 Å². The zero-order valence-corrected chi connectivity index (χ0v) is 11.9. The van der Waals surface area contributed by atoms with Gasteiger partial charge < -0.3 is 10.2 Å². The van der Waals surface area contributed by atoms with Gasteiger partial charge in [-0.1, -0.05) is 11.8 Å². The molecule has 2 aliphatic rings. The van der Waals surface area contributed by atoms with Crippen LogP contribution in [0.4, 0.5) is 4.79 Å². The lowest BCUT2D eigenvalue weighted by molar-refractivity contribution is -0.146. The molecule has 8 heteroatoms. The number of imide groups is 1. The van der Waals surface area contributed by atoms with Crippen LogP contribution in [0.5, 0.6) is 0 Å². The molecule has 1 N–H and O–H groups in total. The molecule has 0 radical (unpaired) electrons. The topological polar surface area (TPSA) is 86.8 Å². The summed E-state index contributed by atoms with van der Waals surface area (Å²) in [4.78, 5) is 48.8. The molecule has 0 atom stereocenters. The lowest BCUT2D eigenvalue weighted by Gasteiger charge is -2.26. The van der Waals surface area contributed by atoms with Crippen LogP contribution in [0.1, 0.15) is 19.3 Å². The van der Waals surface area contributed by atoms with E-state index < -0.39 is 11.8 Å². The fourth-order valence-electron chi connectivity index (χ4n) is 2.19. The van der Waals surface area contributed by atoms with Crippen LogP contribution in [0.15, 0.2) is 0 Å². The van der Waals surface area contributed by atoms with Crippen molar-refractivity contribution in [2.45, 2.75) is 19.3 Å². The van der Waals surface area contributed by atoms with E-state index in [0.29, 0.717) is 13.1 Å². The minimum atomic E-state index is -0.668. The van der Waals surface area contributed by atoms with Gasteiger partial charge in [-0.3, -0.25) is 24.1 Å². The molecule has 0 saturated carbocycles. The van der Waals surface area contributed by atoms with E-state index in [4.69, 9.17) is 0 Å². The van der Waals surface area contributed by atoms with Gasteiger partial charge >= 0.3 is 11.8 Å². The normalized spacial score (nSPS) is 19.4. The Bertz CT molecular complexity index is 418. The van der Waals surface area contributed by atoms with E-state index in [1.807, 2.05) is 0 Å². The number of thioether (sulfide) groups is 1. The van der Waals surface area contributed by atoms with Gasteiger partial charge in [-0.15, -0.1) is 0 Å². The molecule has 20 heavy (non-hydrogen) atoms. The summed E-state index contributed by atoms with van der Waals surface area (Å²) in [5, 5.41) is 2.16. The first-order valence-electron chi connectivity index (χ1n) is 6.64. The number of hydrogen-bond donors (Lipinski definition) is 1. The first kappa shape index (κ1) is 14.8. The van der Waals surface area contributed by atoms with Crippen LogP contribution in [0.25, 0.3) is 0 Å². The van der Waals surface area contributed by atoms with Crippen LogP contribution in [-0.4, -0.2) is 64.7 Å². The molecule has 2 saturated heterocycles. The molecule has 7 nitrogen and oxygen atoms in total. The van der Waals surface area contributed by atoms with E-state index in [0.717, 1.165) is 35.9 Å². The molecule has 0 spiro atoms. The molecule has 4 amide bonds. The molecule has 2 fully saturated rings. The summed E-state index contributed by atoms with van der Waals surface area (Å²) in [5.41, 5.74) is 0. The second kappa shape index (κ2) is 6.74. The molecule has 2 aliphatic heterocycles. The number of nitrogens with zero attached hydrogens (tertiary/aromatic N) is 2. The van der Waals surface area contributed by atoms with Crippen molar-refractivity contribution in [3.05, 3.63) is 0 Å². The van der Waals surface area contributed by atoms with Crippen molar-refractivity contribution in [3.8, 4) is 0 Å². The maximum absolute atomic E-state index is 11.8. The molecule has 2 rings (SSSR count). The Morgan fingerprint density at radius 1 is 1.15 bits per heavy atom. The molecular weight excluding hydrogens is 282 g/mol. The van der Waals surface area contributed by atoms with Crippen molar-refractivity contribution in [1.82, 2.24) is 15.1 Å². The van der Waals surface area contributed by atoms with Gasteiger partial charge in [0.05, 0.1) is 5.75 Å². The van der Waals surface area contributed by atoms with Crippen LogP contribution in [-0.2, 0) is 14.4 Å². The first-order valence-corrected chi connectivity index (χ1v) is 7.62. The minimum Gasteiger partial charge on any atom is -0.346 e. The van der Waals surface area contributed by atoms with Crippen LogP contribution < -0.4 is 5.32 Å². The second-order valence-corrected chi connectivity index (χ2v) is 5.64. The monoisotopic (exact) mass is 299 g/mol. The van der Waals surface area contributed by atoms with Crippen LogP contribution in [0.3, 0.4) is 0 Å². The van der Waals surface area contributed by atoms with Gasteiger partial charge in [0.15, 0.2) is 0 Å². The molecule has 0 aromatic rings. The number of carbonyl (C=O) groups is 4. The predicted molar refractivity (Wildman–Crippen MR) is 73.0 cm³/mol. The Balaban J connectivity index is 1.73. The van der Waals surface area contributed by atoms with Gasteiger partial charge in [0, 0.05) is 26.2 Å². The van der Waals surface area contributed by atoms with Crippen LogP contribution in [0.2, 0.25) is 0 Å². The van der Waals surface area contributed by atoms with Crippen molar-refractivity contribution >= 4 is 34.7 Å². The molecule has 0 bridgehead atoms. The Labute approximate surface area is 121 Å². The van der Waals surface area contributed by atoms with E-state index in [-0.39, 0.29) is 30.0 Å². The summed E-state index contributed by atoms with van der Waals surface area (Å²) < 4.78 is 0. The highest BCUT2D eigenvalue weighted by atomic mass is 32.2. The zero-order chi connectivity index (χ0) is 14.5. The summed E-state index contributed by atoms with van der Waals surface area (Å²) in [6.07, 6.45) is 2.93. The number of likely N-dealkylation sites (tertiary alicyclic amines) is 1. The molecule has 0 aromatic carbocycles. The van der Waals surface area contributed by atoms with E-state index in [2.05, 4.69) is 5.32 Å². The van der Waals surface area contributed by atoms with Gasteiger partial charge in [-0.05, 0) is 19.3 Å². The average molecular weight is 299 g/mol. The molecule has 110 valence electrons. The van der Waals surface area contributed by atoms with Crippen molar-refractivity contribution in [2.24, 2.45) is 0 Å². The Hall–Kier alpha value is -1.57. The van der Waals surface area contributed by atoms with E-state index in [1.165, 1.54) is 0 Å². The molecule has 2 heterocycles. The average Bonchev–Trinajstić information content (AvgIpc) is 2.79. The van der Waals surface area contributed by atoms with Gasteiger partial charge in [-0.2, -0.15) is 0 Å². The van der Waals surface area contributed by atoms with Gasteiger partial charge in [0.25, 0.3) is 5.24 Å². The summed E-state index contributed by atoms with van der Waals surface area (Å²) in [7, 11) is 0. The summed E-state index contributed by atoms with van der Waals surface area (Å²) >= 11 is 0.951. The highest BCUT2D eigenvalue weighted by molar-refractivity contribution is 8.14. The third-order valence-corrected chi connectivity index (χ3v) is 4.16. The summed E-state index contributed by atoms with van der Waals surface area (Å²) in [6.45, 7) is 1.46. The van der Waals surface area contributed by atoms with Crippen LogP contribution in [0, 0.1) is 0 Å². The maximum Gasteiger partial charge on any atom is 0.311 e. The maximum atomic E-state index is 11.8. The summed E-state index contributed by atoms with van der Waals surface area (Å²) in [6, 6.07) is 0. The largest absolute Gasteiger partial charge is 0.346 e. The first-order chi connectivity index (χ1) is 9.59. The van der Waals surface area contributed by atoms with E-state index in [1.54, 1.807) is 4.90 Å². The molecule has 0 aliphatic carbocycles. The predicted octanol–water partition coefficient (Wildman–Crippen LogP) is -0.190. The van der Waals surface area contributed by atoms with Crippen molar-refractivity contribution in [3.63, 3.8) is 0 Å². The van der Waals surface area contributed by atoms with Crippen molar-refractivity contribution in [1.29, 1.82) is 0 Å². The Kier molecular flexibility index (Phi) is 4.99. The van der Waals surface area contributed by atoms with Gasteiger partial charge in [0.1, 0.15) is 0 Å². The van der Waals surface area contributed by atoms with E-state index >= 15 is 0 Å². The van der Waals surface area contributed by atoms with E-state index in [9.17, 15) is 19.2 Å². The fraction of sp³-hybridized carbons (Fsp3) is 0.667. The van der Waals surface area contributed by atoms with Gasteiger partial charge in [-0.25, -0.2) is 0 Å². The fourth-order valence-corrected chi connectivity index (χ4v) is 2.95. The number of piperidine rings is 1. The van der Waals surface area contributed by atoms with Gasteiger partial charge in [0.2, 0.25) is 5.91 Å². The lowest BCUT2D eigenvalue weighted by Crippen LogP contribution is -2.47. The number of carbonyl (C=O) groups excluding carboxylic acids is 4. The second-order valence-electron chi connectivity index (χ2n) is 4.71. The number of amides is 4. The third-order valence-electron chi connectivity index (χ3n) is 3.30. The minimum absolute atomic E-state index is 0.108. The standard InChI is InChI=1S/C12H17N3O4S/c16-9-8-20-12(19)15(9)7-4-13-10(17)11(18)14-5-2-1-3-6-14/h1-8H2,(H,13,17). The quantitative estimate of drug-likeness (QED) is 0.730. The van der Waals surface area contributed by atoms with Crippen molar-refractivity contribution < 1.29 is 19.2 Å². The Morgan fingerprint density at radius 2 is 1.85 bits per heavy atom. The molecular formula is C12H17N3O4S. The molecule has 0 aromatic heterocycles. The summed E-state index contributed by atoms with van der Waals surface area (Å²) in [5.74, 6) is -1.30. The highest BCUT2D eigenvalue weighted by Crippen LogP contribution is 2.17. The highest BCUT2D eigenvalue weighted by Gasteiger charge is 2.30. The number of rotatable bonds is 3. The zero-order valence-electron chi connectivity index (χ0n) is 11.1. The van der Waals surface area contributed by atoms with Crippen molar-refractivity contribution in [2.75, 3.05) is 31.9 Å². The number of nitrogens with one attached hydrogen (secondary N) is 1. The molecule has 0 unspecified atom stereocenters. The SMILES string of the molecule is O=C(NCCN1C(=O)CSC1=O)C(=O)N1CCCCC1.